The molecule has 1 aromatic rings. The Morgan fingerprint density at radius 3 is 2.72 bits per heavy atom. The smallest absolute Gasteiger partial charge is 0.233 e. The molecule has 2 aliphatic rings. The fourth-order valence-corrected chi connectivity index (χ4v) is 4.95. The standard InChI is InChI=1S/C20H27N3OS/c1-14-8-15(2)12-23(11-14)19(24)13-25-20-17(10-21)9-16-6-4-3-5-7-18(16)22-20/h9,14-15H,3-8,11-13H2,1-2H3/t14-,15+. The molecule has 134 valence electrons. The van der Waals surface area contributed by atoms with Gasteiger partial charge in [-0.1, -0.05) is 32.0 Å². The Morgan fingerprint density at radius 2 is 2.00 bits per heavy atom. The van der Waals surface area contributed by atoms with E-state index in [-0.39, 0.29) is 5.91 Å². The van der Waals surface area contributed by atoms with E-state index >= 15 is 0 Å². The zero-order chi connectivity index (χ0) is 17.8. The van der Waals surface area contributed by atoms with Crippen molar-refractivity contribution in [2.24, 2.45) is 11.8 Å². The number of hydrogen-bond donors (Lipinski definition) is 0. The molecule has 0 spiro atoms. The number of hydrogen-bond acceptors (Lipinski definition) is 4. The molecule has 1 aliphatic carbocycles. The molecule has 2 heterocycles. The largest absolute Gasteiger partial charge is 0.341 e. The summed E-state index contributed by atoms with van der Waals surface area (Å²) in [4.78, 5) is 19.3. The number of nitrogens with zero attached hydrogens (tertiary/aromatic N) is 3. The first-order chi connectivity index (χ1) is 12.1. The molecule has 2 atom stereocenters. The summed E-state index contributed by atoms with van der Waals surface area (Å²) in [7, 11) is 0. The minimum atomic E-state index is 0.170. The lowest BCUT2D eigenvalue weighted by Crippen LogP contribution is -2.43. The van der Waals surface area contributed by atoms with Crippen LogP contribution in [0.25, 0.3) is 0 Å². The van der Waals surface area contributed by atoms with Crippen LogP contribution in [0.15, 0.2) is 11.1 Å². The second kappa shape index (κ2) is 8.23. The third kappa shape index (κ3) is 4.55. The summed E-state index contributed by atoms with van der Waals surface area (Å²) in [5, 5.41) is 10.2. The van der Waals surface area contributed by atoms with Crippen LogP contribution in [0.4, 0.5) is 0 Å². The molecule has 1 aromatic heterocycles. The number of amides is 1. The molecule has 0 saturated carbocycles. The number of piperidine rings is 1. The summed E-state index contributed by atoms with van der Waals surface area (Å²) in [6.45, 7) is 6.13. The Balaban J connectivity index is 1.69. The van der Waals surface area contributed by atoms with E-state index in [1.807, 2.05) is 11.0 Å². The van der Waals surface area contributed by atoms with Crippen molar-refractivity contribution in [2.45, 2.75) is 57.4 Å². The third-order valence-electron chi connectivity index (χ3n) is 5.19. The number of aryl methyl sites for hydroxylation is 2. The van der Waals surface area contributed by atoms with Crippen molar-refractivity contribution in [3.05, 3.63) is 22.9 Å². The Labute approximate surface area is 155 Å². The average molecular weight is 358 g/mol. The van der Waals surface area contributed by atoms with Crippen LogP contribution in [0.5, 0.6) is 0 Å². The van der Waals surface area contributed by atoms with Gasteiger partial charge >= 0.3 is 0 Å². The van der Waals surface area contributed by atoms with E-state index in [1.165, 1.54) is 43.0 Å². The van der Waals surface area contributed by atoms with Gasteiger partial charge in [0, 0.05) is 18.8 Å². The van der Waals surface area contributed by atoms with Crippen molar-refractivity contribution in [2.75, 3.05) is 18.8 Å². The van der Waals surface area contributed by atoms with E-state index in [2.05, 4.69) is 19.9 Å². The monoisotopic (exact) mass is 357 g/mol. The van der Waals surface area contributed by atoms with E-state index in [9.17, 15) is 10.1 Å². The van der Waals surface area contributed by atoms with Gasteiger partial charge in [0.05, 0.1) is 11.3 Å². The van der Waals surface area contributed by atoms with Crippen molar-refractivity contribution in [1.82, 2.24) is 9.88 Å². The molecule has 0 radical (unpaired) electrons. The van der Waals surface area contributed by atoms with Crippen molar-refractivity contribution in [1.29, 1.82) is 5.26 Å². The van der Waals surface area contributed by atoms with Crippen LogP contribution in [-0.4, -0.2) is 34.6 Å². The Hall–Kier alpha value is -1.54. The minimum absolute atomic E-state index is 0.170. The van der Waals surface area contributed by atoms with Gasteiger partial charge in [0.1, 0.15) is 11.1 Å². The molecular weight excluding hydrogens is 330 g/mol. The second-order valence-electron chi connectivity index (χ2n) is 7.65. The molecular formula is C20H27N3OS. The number of nitriles is 1. The quantitative estimate of drug-likeness (QED) is 0.609. The van der Waals surface area contributed by atoms with E-state index in [1.54, 1.807) is 0 Å². The van der Waals surface area contributed by atoms with E-state index in [4.69, 9.17) is 4.98 Å². The lowest BCUT2D eigenvalue weighted by molar-refractivity contribution is -0.130. The number of likely N-dealkylation sites (tertiary alicyclic amines) is 1. The fraction of sp³-hybridized carbons (Fsp3) is 0.650. The van der Waals surface area contributed by atoms with Gasteiger partial charge in [-0.15, -0.1) is 0 Å². The summed E-state index contributed by atoms with van der Waals surface area (Å²) < 4.78 is 0. The first kappa shape index (κ1) is 18.3. The Kier molecular flexibility index (Phi) is 6.01. The Bertz CT molecular complexity index is 672. The van der Waals surface area contributed by atoms with Crippen molar-refractivity contribution in [3.8, 4) is 6.07 Å². The highest BCUT2D eigenvalue weighted by atomic mass is 32.2. The van der Waals surface area contributed by atoms with Crippen LogP contribution in [0, 0.1) is 23.2 Å². The zero-order valence-electron chi connectivity index (χ0n) is 15.3. The molecule has 1 fully saturated rings. The van der Waals surface area contributed by atoms with Gasteiger partial charge in [-0.2, -0.15) is 5.26 Å². The molecule has 0 bridgehead atoms. The van der Waals surface area contributed by atoms with Crippen LogP contribution in [-0.2, 0) is 17.6 Å². The SMILES string of the molecule is C[C@@H]1C[C@H](C)CN(C(=O)CSc2nc3c(cc2C#N)CCCCC3)C1. The maximum absolute atomic E-state index is 12.6. The van der Waals surface area contributed by atoms with E-state index in [0.717, 1.165) is 36.7 Å². The van der Waals surface area contributed by atoms with Crippen LogP contribution in [0.3, 0.4) is 0 Å². The molecule has 1 amide bonds. The van der Waals surface area contributed by atoms with Crippen molar-refractivity contribution in [3.63, 3.8) is 0 Å². The van der Waals surface area contributed by atoms with Crippen LogP contribution in [0.1, 0.15) is 56.4 Å². The number of carbonyl (C=O) groups is 1. The summed E-state index contributed by atoms with van der Waals surface area (Å²) in [6.07, 6.45) is 6.77. The van der Waals surface area contributed by atoms with Gasteiger partial charge < -0.3 is 4.90 Å². The van der Waals surface area contributed by atoms with Crippen molar-refractivity contribution < 1.29 is 4.79 Å². The van der Waals surface area contributed by atoms with Gasteiger partial charge in [-0.25, -0.2) is 4.98 Å². The van der Waals surface area contributed by atoms with Gasteiger partial charge in [0.15, 0.2) is 0 Å². The molecule has 5 heteroatoms. The second-order valence-corrected chi connectivity index (χ2v) is 8.62. The Morgan fingerprint density at radius 1 is 1.28 bits per heavy atom. The highest BCUT2D eigenvalue weighted by Crippen LogP contribution is 2.28. The van der Waals surface area contributed by atoms with Crippen molar-refractivity contribution >= 4 is 17.7 Å². The number of carbonyl (C=O) groups excluding carboxylic acids is 1. The highest BCUT2D eigenvalue weighted by molar-refractivity contribution is 7.99. The molecule has 0 unspecified atom stereocenters. The average Bonchev–Trinajstić information content (AvgIpc) is 2.82. The maximum Gasteiger partial charge on any atom is 0.233 e. The fourth-order valence-electron chi connectivity index (χ4n) is 4.07. The topological polar surface area (TPSA) is 57.0 Å². The lowest BCUT2D eigenvalue weighted by Gasteiger charge is -2.35. The van der Waals surface area contributed by atoms with Crippen LogP contribution >= 0.6 is 11.8 Å². The van der Waals surface area contributed by atoms with Gasteiger partial charge in [0.25, 0.3) is 0 Å². The molecule has 1 saturated heterocycles. The summed E-state index contributed by atoms with van der Waals surface area (Å²) in [5.41, 5.74) is 2.98. The number of pyridine rings is 1. The maximum atomic E-state index is 12.6. The zero-order valence-corrected chi connectivity index (χ0v) is 16.1. The molecule has 4 nitrogen and oxygen atoms in total. The predicted molar refractivity (Wildman–Crippen MR) is 100 cm³/mol. The van der Waals surface area contributed by atoms with Gasteiger partial charge in [0.2, 0.25) is 5.91 Å². The summed E-state index contributed by atoms with van der Waals surface area (Å²) in [6, 6.07) is 4.28. The molecule has 3 rings (SSSR count). The molecule has 1 aliphatic heterocycles. The number of aromatic nitrogens is 1. The minimum Gasteiger partial charge on any atom is -0.341 e. The number of thioether (sulfide) groups is 1. The molecule has 0 N–H and O–H groups in total. The first-order valence-electron chi connectivity index (χ1n) is 9.40. The first-order valence-corrected chi connectivity index (χ1v) is 10.4. The summed E-state index contributed by atoms with van der Waals surface area (Å²) >= 11 is 1.43. The van der Waals surface area contributed by atoms with E-state index < -0.39 is 0 Å². The predicted octanol–water partition coefficient (Wildman–Crippen LogP) is 3.82. The van der Waals surface area contributed by atoms with Crippen LogP contribution < -0.4 is 0 Å². The number of fused-ring (bicyclic) bond motifs is 1. The summed E-state index contributed by atoms with van der Waals surface area (Å²) in [5.74, 6) is 1.68. The molecule has 0 aromatic carbocycles. The highest BCUT2D eigenvalue weighted by Gasteiger charge is 2.25. The van der Waals surface area contributed by atoms with Gasteiger partial charge in [-0.3, -0.25) is 4.79 Å². The van der Waals surface area contributed by atoms with E-state index in [0.29, 0.717) is 23.2 Å². The van der Waals surface area contributed by atoms with Crippen LogP contribution in [0.2, 0.25) is 0 Å². The molecule has 25 heavy (non-hydrogen) atoms. The normalized spacial score (nSPS) is 23.5. The number of rotatable bonds is 3. The lowest BCUT2D eigenvalue weighted by atomic mass is 9.92. The van der Waals surface area contributed by atoms with Gasteiger partial charge in [-0.05, 0) is 55.6 Å². The third-order valence-corrected chi connectivity index (χ3v) is 6.17.